The van der Waals surface area contributed by atoms with Crippen LogP contribution in [0.25, 0.3) is 17.2 Å². The maximum absolute atomic E-state index is 2.57. The molecule has 0 spiro atoms. The van der Waals surface area contributed by atoms with Crippen LogP contribution in [0, 0.1) is 0 Å². The Morgan fingerprint density at radius 3 is 2.21 bits per heavy atom. The molecule has 0 amide bonds. The van der Waals surface area contributed by atoms with Crippen LogP contribution < -0.4 is 0 Å². The fourth-order valence-corrected chi connectivity index (χ4v) is 16.5. The molecule has 0 fully saturated rings. The van der Waals surface area contributed by atoms with E-state index in [4.69, 9.17) is 0 Å². The van der Waals surface area contributed by atoms with Gasteiger partial charge in [-0.15, -0.1) is 0 Å². The third kappa shape index (κ3) is 3.99. The average molecular weight is 484 g/mol. The Labute approximate surface area is 155 Å². The van der Waals surface area contributed by atoms with Crippen molar-refractivity contribution in [1.29, 1.82) is 0 Å². The zero-order valence-electron chi connectivity index (χ0n) is 15.1. The van der Waals surface area contributed by atoms with Gasteiger partial charge in [0.15, 0.2) is 0 Å². The van der Waals surface area contributed by atoms with E-state index in [2.05, 4.69) is 74.5 Å². The van der Waals surface area contributed by atoms with Gasteiger partial charge in [-0.05, 0) is 0 Å². The number of rotatable bonds is 8. The maximum atomic E-state index is 2.57. The first-order chi connectivity index (χ1) is 11.8. The first kappa shape index (κ1) is 17.9. The second kappa shape index (κ2) is 8.94. The van der Waals surface area contributed by atoms with Crippen molar-refractivity contribution in [2.75, 3.05) is 0 Å². The Bertz CT molecular complexity index is 664. The Balaban J connectivity index is 1.90. The van der Waals surface area contributed by atoms with Crippen LogP contribution in [0.1, 0.15) is 54.3 Å². The molecule has 0 N–H and O–H groups in total. The van der Waals surface area contributed by atoms with E-state index < -0.39 is 21.4 Å². The van der Waals surface area contributed by atoms with Crippen molar-refractivity contribution in [3.8, 4) is 11.1 Å². The predicted molar refractivity (Wildman–Crippen MR) is 103 cm³/mol. The Kier molecular flexibility index (Phi) is 6.66. The van der Waals surface area contributed by atoms with Gasteiger partial charge in [0.2, 0.25) is 0 Å². The molecule has 24 heavy (non-hydrogen) atoms. The molecule has 1 aliphatic rings. The van der Waals surface area contributed by atoms with Crippen LogP contribution in [0.5, 0.6) is 0 Å². The molecule has 2 aromatic carbocycles. The quantitative estimate of drug-likeness (QED) is 0.341. The van der Waals surface area contributed by atoms with Gasteiger partial charge >= 0.3 is 156 Å². The van der Waals surface area contributed by atoms with Crippen molar-refractivity contribution < 1.29 is 21.4 Å². The molecule has 1 aliphatic carbocycles. The van der Waals surface area contributed by atoms with Gasteiger partial charge in [-0.3, -0.25) is 0 Å². The van der Waals surface area contributed by atoms with Gasteiger partial charge in [0.1, 0.15) is 0 Å². The van der Waals surface area contributed by atoms with E-state index in [-0.39, 0.29) is 0 Å². The van der Waals surface area contributed by atoms with Crippen LogP contribution in [0.4, 0.5) is 0 Å². The zero-order valence-corrected chi connectivity index (χ0v) is 18.7. The first-order valence-electron chi connectivity index (χ1n) is 9.56. The fourth-order valence-electron chi connectivity index (χ4n) is 3.81. The SMILES string of the molecule is CCC[CH2][Hf]([CH2]CCC)[CH]1C=Cc2c(-c3ccccc3)cccc21. The first-order valence-corrected chi connectivity index (χ1v) is 16.7. The number of unbranched alkanes of at least 4 members (excludes halogenated alkanes) is 2. The Morgan fingerprint density at radius 2 is 1.54 bits per heavy atom. The summed E-state index contributed by atoms with van der Waals surface area (Å²) in [7, 11) is 0. The van der Waals surface area contributed by atoms with Crippen LogP contribution >= 0.6 is 0 Å². The van der Waals surface area contributed by atoms with E-state index in [1.54, 1.807) is 13.9 Å². The molecule has 0 saturated heterocycles. The summed E-state index contributed by atoms with van der Waals surface area (Å²) in [4.78, 5) is 0. The summed E-state index contributed by atoms with van der Waals surface area (Å²) >= 11 is -1.59. The van der Waals surface area contributed by atoms with Crippen LogP contribution in [0.3, 0.4) is 0 Å². The van der Waals surface area contributed by atoms with Crippen molar-refractivity contribution in [2.45, 2.75) is 51.6 Å². The summed E-state index contributed by atoms with van der Waals surface area (Å²) in [6.45, 7) is 4.68. The molecule has 2 aromatic rings. The van der Waals surface area contributed by atoms with Crippen molar-refractivity contribution >= 4 is 6.08 Å². The summed E-state index contributed by atoms with van der Waals surface area (Å²) < 4.78 is 3.97. The fraction of sp³-hybridized carbons (Fsp3) is 0.391. The minimum absolute atomic E-state index is 0.826. The molecule has 1 heteroatoms. The van der Waals surface area contributed by atoms with Crippen LogP contribution in [0.15, 0.2) is 54.6 Å². The van der Waals surface area contributed by atoms with Crippen molar-refractivity contribution in [1.82, 2.24) is 0 Å². The van der Waals surface area contributed by atoms with E-state index in [0.29, 0.717) is 0 Å². The van der Waals surface area contributed by atoms with Crippen LogP contribution in [-0.2, 0) is 21.4 Å². The van der Waals surface area contributed by atoms with Gasteiger partial charge in [-0.2, -0.15) is 0 Å². The van der Waals surface area contributed by atoms with E-state index in [1.165, 1.54) is 42.4 Å². The molecule has 0 saturated carbocycles. The second-order valence-corrected chi connectivity index (χ2v) is 17.4. The van der Waals surface area contributed by atoms with Crippen LogP contribution in [0.2, 0.25) is 8.35 Å². The predicted octanol–water partition coefficient (Wildman–Crippen LogP) is 7.48. The monoisotopic (exact) mass is 485 g/mol. The summed E-state index contributed by atoms with van der Waals surface area (Å²) in [5.41, 5.74) is 5.92. The van der Waals surface area contributed by atoms with Crippen molar-refractivity contribution in [3.05, 3.63) is 65.7 Å². The summed E-state index contributed by atoms with van der Waals surface area (Å²) in [5.74, 6) is 0. The van der Waals surface area contributed by atoms with Crippen molar-refractivity contribution in [2.24, 2.45) is 0 Å². The topological polar surface area (TPSA) is 0 Å². The Morgan fingerprint density at radius 1 is 0.833 bits per heavy atom. The number of allylic oxidation sites excluding steroid dienone is 1. The van der Waals surface area contributed by atoms with Crippen LogP contribution in [-0.4, -0.2) is 0 Å². The number of hydrogen-bond donors (Lipinski definition) is 0. The summed E-state index contributed by atoms with van der Waals surface area (Å²) in [6, 6.07) is 17.9. The van der Waals surface area contributed by atoms with Gasteiger partial charge in [-0.1, -0.05) is 0 Å². The number of hydrogen-bond acceptors (Lipinski definition) is 0. The van der Waals surface area contributed by atoms with Gasteiger partial charge in [0.25, 0.3) is 0 Å². The molecule has 1 atom stereocenters. The van der Waals surface area contributed by atoms with E-state index in [1.807, 2.05) is 0 Å². The van der Waals surface area contributed by atoms with Crippen molar-refractivity contribution in [3.63, 3.8) is 0 Å². The molecule has 1 unspecified atom stereocenters. The molecule has 0 radical (unpaired) electrons. The van der Waals surface area contributed by atoms with E-state index >= 15 is 0 Å². The van der Waals surface area contributed by atoms with E-state index in [9.17, 15) is 0 Å². The third-order valence-electron chi connectivity index (χ3n) is 5.16. The second-order valence-electron chi connectivity index (χ2n) is 6.88. The number of fused-ring (bicyclic) bond motifs is 1. The van der Waals surface area contributed by atoms with Gasteiger partial charge in [0, 0.05) is 0 Å². The molecule has 0 heterocycles. The van der Waals surface area contributed by atoms with E-state index in [0.717, 1.165) is 3.67 Å². The molecule has 3 rings (SSSR count). The molecule has 0 nitrogen and oxygen atoms in total. The van der Waals surface area contributed by atoms with Gasteiger partial charge in [-0.25, -0.2) is 0 Å². The zero-order chi connectivity index (χ0) is 16.8. The number of benzene rings is 2. The molecule has 0 aliphatic heterocycles. The normalized spacial score (nSPS) is 15.5. The molecule has 0 bridgehead atoms. The molecular formula is C23H29Hf. The third-order valence-corrected chi connectivity index (χ3v) is 17.3. The van der Waals surface area contributed by atoms with Gasteiger partial charge in [0.05, 0.1) is 0 Å². The molecule has 0 aromatic heterocycles. The minimum atomic E-state index is -1.59. The average Bonchev–Trinajstić information content (AvgIpc) is 3.07. The summed E-state index contributed by atoms with van der Waals surface area (Å²) in [6.07, 6.45) is 10.6. The Hall–Kier alpha value is -0.950. The molecular weight excluding hydrogens is 455 g/mol. The van der Waals surface area contributed by atoms with Gasteiger partial charge < -0.3 is 0 Å². The molecule has 125 valence electrons. The standard InChI is InChI=1S/C15H11.2C4H9.Hf/c1-2-6-12(7-3-1)14-10-4-8-13-9-5-11-15(13)14;2*1-3-4-2;/h1-11H;2*1,3-4H2,2H3;. The summed E-state index contributed by atoms with van der Waals surface area (Å²) in [5, 5.41) is 0.